The SMILES string of the molecule is CP(C)C.[CH3][Al]([CH3])[CH3]. The highest BCUT2D eigenvalue weighted by Crippen LogP contribution is 2.14. The lowest BCUT2D eigenvalue weighted by Crippen LogP contribution is -1.84. The van der Waals surface area contributed by atoms with Crippen LogP contribution in [0.5, 0.6) is 0 Å². The summed E-state index contributed by atoms with van der Waals surface area (Å²) >= 11 is -0.139. The fourth-order valence-electron chi connectivity index (χ4n) is 0. The van der Waals surface area contributed by atoms with E-state index in [0.717, 1.165) is 0 Å². The summed E-state index contributed by atoms with van der Waals surface area (Å²) in [5, 5.41) is 0. The summed E-state index contributed by atoms with van der Waals surface area (Å²) in [4.78, 5) is 0. The van der Waals surface area contributed by atoms with Crippen molar-refractivity contribution < 1.29 is 0 Å². The highest BCUT2D eigenvalue weighted by atomic mass is 31.1. The summed E-state index contributed by atoms with van der Waals surface area (Å²) < 4.78 is 0. The monoisotopic (exact) mass is 148 g/mol. The van der Waals surface area contributed by atoms with Gasteiger partial charge in [0.05, 0.1) is 0 Å². The van der Waals surface area contributed by atoms with Crippen LogP contribution in [0.3, 0.4) is 0 Å². The van der Waals surface area contributed by atoms with Gasteiger partial charge in [-0.15, -0.1) is 25.3 Å². The first-order valence-corrected chi connectivity index (χ1v) is 9.22. The molecule has 0 saturated heterocycles. The van der Waals surface area contributed by atoms with E-state index in [0.29, 0.717) is 7.92 Å². The molecule has 0 aromatic heterocycles. The first kappa shape index (κ1) is 11.7. The van der Waals surface area contributed by atoms with Gasteiger partial charge in [0.2, 0.25) is 0 Å². The second-order valence-electron chi connectivity index (χ2n) is 3.07. The van der Waals surface area contributed by atoms with Crippen molar-refractivity contribution in [1.29, 1.82) is 0 Å². The Morgan fingerprint density at radius 3 is 0.875 bits per heavy atom. The fourth-order valence-corrected chi connectivity index (χ4v) is 0. The van der Waals surface area contributed by atoms with Crippen molar-refractivity contribution in [2.75, 3.05) is 20.0 Å². The molecule has 0 fully saturated rings. The number of rotatable bonds is 0. The van der Waals surface area contributed by atoms with E-state index in [9.17, 15) is 0 Å². The average molecular weight is 148 g/mol. The molecule has 0 heterocycles. The van der Waals surface area contributed by atoms with Crippen molar-refractivity contribution in [3.63, 3.8) is 0 Å². The van der Waals surface area contributed by atoms with Gasteiger partial charge in [-0.1, -0.05) is 0 Å². The first-order chi connectivity index (χ1) is 3.46. The van der Waals surface area contributed by atoms with Crippen LogP contribution < -0.4 is 0 Å². The number of hydrogen-bond donors (Lipinski definition) is 0. The van der Waals surface area contributed by atoms with Crippen LogP contribution in [0.4, 0.5) is 0 Å². The Bertz CT molecular complexity index is 24.0. The molecule has 0 aliphatic rings. The van der Waals surface area contributed by atoms with Gasteiger partial charge in [-0.3, -0.25) is 0 Å². The standard InChI is InChI=1S/C3H9P.3CH3.Al/c1-4(2)3;;;;/h1-3H3;3*1H3;. The maximum absolute atomic E-state index is 2.31. The molecule has 0 atom stereocenters. The fraction of sp³-hybridized carbons (Fsp3) is 1.00. The van der Waals surface area contributed by atoms with Crippen LogP contribution in [-0.4, -0.2) is 34.1 Å². The van der Waals surface area contributed by atoms with Crippen molar-refractivity contribution in [1.82, 2.24) is 0 Å². The molecular formula is C6H18AlP. The maximum Gasteiger partial charge on any atom is 0.251 e. The highest BCUT2D eigenvalue weighted by Gasteiger charge is 1.81. The Kier molecular flexibility index (Phi) is 11.7. The predicted molar refractivity (Wildman–Crippen MR) is 48.0 cm³/mol. The summed E-state index contributed by atoms with van der Waals surface area (Å²) in [5.74, 6) is 6.92. The zero-order valence-electron chi connectivity index (χ0n) is 7.02. The molecule has 50 valence electrons. The van der Waals surface area contributed by atoms with E-state index in [2.05, 4.69) is 37.4 Å². The van der Waals surface area contributed by atoms with Crippen LogP contribution >= 0.6 is 7.92 Å². The predicted octanol–water partition coefficient (Wildman–Crippen LogP) is 2.73. The molecular weight excluding hydrogens is 130 g/mol. The Hall–Kier alpha value is 0.962. The van der Waals surface area contributed by atoms with E-state index in [-0.39, 0.29) is 14.1 Å². The van der Waals surface area contributed by atoms with Crippen molar-refractivity contribution in [2.24, 2.45) is 0 Å². The molecule has 0 nitrogen and oxygen atoms in total. The second kappa shape index (κ2) is 7.96. The van der Waals surface area contributed by atoms with Crippen molar-refractivity contribution in [2.45, 2.75) is 17.4 Å². The van der Waals surface area contributed by atoms with E-state index in [4.69, 9.17) is 0 Å². The van der Waals surface area contributed by atoms with E-state index in [1.165, 1.54) is 0 Å². The average Bonchev–Trinajstić information content (AvgIpc) is 1.25. The molecule has 0 rings (SSSR count). The van der Waals surface area contributed by atoms with Crippen LogP contribution in [0.25, 0.3) is 0 Å². The third-order valence-electron chi connectivity index (χ3n) is 0. The lowest BCUT2D eigenvalue weighted by Gasteiger charge is -1.81. The minimum absolute atomic E-state index is 0.139. The highest BCUT2D eigenvalue weighted by molar-refractivity contribution is 7.55. The molecule has 0 bridgehead atoms. The largest absolute Gasteiger partial charge is 0.251 e. The van der Waals surface area contributed by atoms with Gasteiger partial charge in [-0.05, 0) is 20.0 Å². The minimum Gasteiger partial charge on any atom is -0.116 e. The molecule has 0 N–H and O–H groups in total. The van der Waals surface area contributed by atoms with Crippen LogP contribution in [0.1, 0.15) is 0 Å². The lowest BCUT2D eigenvalue weighted by atomic mass is 11.8. The molecule has 0 spiro atoms. The van der Waals surface area contributed by atoms with Gasteiger partial charge in [0.25, 0.3) is 14.1 Å². The summed E-state index contributed by atoms with van der Waals surface area (Å²) in [7, 11) is 0.380. The summed E-state index contributed by atoms with van der Waals surface area (Å²) in [6.45, 7) is 6.69. The molecule has 8 heavy (non-hydrogen) atoms. The van der Waals surface area contributed by atoms with Gasteiger partial charge in [0, 0.05) is 0 Å². The van der Waals surface area contributed by atoms with Crippen LogP contribution in [-0.2, 0) is 0 Å². The maximum atomic E-state index is 2.31. The van der Waals surface area contributed by atoms with E-state index in [1.54, 1.807) is 0 Å². The Balaban J connectivity index is 0. The van der Waals surface area contributed by atoms with Crippen LogP contribution in [0.15, 0.2) is 0 Å². The number of hydrogen-bond acceptors (Lipinski definition) is 0. The molecule has 0 aromatic rings. The molecule has 0 aliphatic carbocycles. The smallest absolute Gasteiger partial charge is 0.116 e. The molecule has 0 aromatic carbocycles. The van der Waals surface area contributed by atoms with Gasteiger partial charge in [-0.2, -0.15) is 0 Å². The van der Waals surface area contributed by atoms with Gasteiger partial charge in [-0.25, -0.2) is 0 Å². The zero-order chi connectivity index (χ0) is 7.15. The topological polar surface area (TPSA) is 0 Å². The summed E-state index contributed by atoms with van der Waals surface area (Å²) in [6.07, 6.45) is 0. The van der Waals surface area contributed by atoms with Crippen LogP contribution in [0.2, 0.25) is 17.4 Å². The Morgan fingerprint density at radius 1 is 0.875 bits per heavy atom. The van der Waals surface area contributed by atoms with Crippen molar-refractivity contribution >= 4 is 22.1 Å². The van der Waals surface area contributed by atoms with Gasteiger partial charge in [0.15, 0.2) is 0 Å². The van der Waals surface area contributed by atoms with E-state index in [1.807, 2.05) is 0 Å². The normalized spacial score (nSPS) is 7.88. The Labute approximate surface area is 59.8 Å². The minimum atomic E-state index is -0.139. The van der Waals surface area contributed by atoms with Crippen LogP contribution in [0, 0.1) is 0 Å². The lowest BCUT2D eigenvalue weighted by molar-refractivity contribution is 1.91. The molecule has 0 radical (unpaired) electrons. The van der Waals surface area contributed by atoms with Crippen molar-refractivity contribution in [3.8, 4) is 0 Å². The van der Waals surface area contributed by atoms with Crippen molar-refractivity contribution in [3.05, 3.63) is 0 Å². The molecule has 0 amide bonds. The molecule has 0 saturated carbocycles. The second-order valence-corrected chi connectivity index (χ2v) is 9.22. The summed E-state index contributed by atoms with van der Waals surface area (Å²) in [5.41, 5.74) is 0. The van der Waals surface area contributed by atoms with E-state index < -0.39 is 0 Å². The Morgan fingerprint density at radius 2 is 0.875 bits per heavy atom. The molecule has 0 aliphatic heterocycles. The van der Waals surface area contributed by atoms with Gasteiger partial charge >= 0.3 is 0 Å². The molecule has 0 unspecified atom stereocenters. The van der Waals surface area contributed by atoms with Gasteiger partial charge in [0.1, 0.15) is 0 Å². The summed E-state index contributed by atoms with van der Waals surface area (Å²) in [6, 6.07) is 0. The first-order valence-electron chi connectivity index (χ1n) is 3.07. The van der Waals surface area contributed by atoms with Gasteiger partial charge < -0.3 is 0 Å². The zero-order valence-corrected chi connectivity index (χ0v) is 9.07. The molecule has 2 heteroatoms. The third kappa shape index (κ3) is 267. The van der Waals surface area contributed by atoms with E-state index >= 15 is 0 Å². The third-order valence-corrected chi connectivity index (χ3v) is 0. The quantitative estimate of drug-likeness (QED) is 0.366.